The van der Waals surface area contributed by atoms with E-state index in [0.29, 0.717) is 13.1 Å². The van der Waals surface area contributed by atoms with Gasteiger partial charge in [0.05, 0.1) is 6.26 Å². The summed E-state index contributed by atoms with van der Waals surface area (Å²) in [4.78, 5) is 6.44. The van der Waals surface area contributed by atoms with Gasteiger partial charge in [0, 0.05) is 46.1 Å². The molecule has 1 aliphatic heterocycles. The van der Waals surface area contributed by atoms with Gasteiger partial charge in [-0.2, -0.15) is 0 Å². The Morgan fingerprint density at radius 3 is 2.50 bits per heavy atom. The Bertz CT molecular complexity index is 626. The van der Waals surface area contributed by atoms with Crippen LogP contribution in [-0.4, -0.2) is 64.9 Å². The molecule has 0 aliphatic carbocycles. The largest absolute Gasteiger partial charge is 0.490 e. The Morgan fingerprint density at radius 2 is 1.92 bits per heavy atom. The number of guanidine groups is 1. The highest BCUT2D eigenvalue weighted by Gasteiger charge is 2.22. The van der Waals surface area contributed by atoms with Crippen LogP contribution in [-0.2, 0) is 10.0 Å². The van der Waals surface area contributed by atoms with Crippen LogP contribution in [0.5, 0.6) is 5.75 Å². The predicted molar refractivity (Wildman–Crippen MR) is 95.9 cm³/mol. The number of likely N-dealkylation sites (tertiary alicyclic amines) is 1. The van der Waals surface area contributed by atoms with E-state index < -0.39 is 10.0 Å². The van der Waals surface area contributed by atoms with E-state index in [1.165, 1.54) is 0 Å². The third-order valence-electron chi connectivity index (χ3n) is 3.77. The number of benzene rings is 1. The van der Waals surface area contributed by atoms with Crippen LogP contribution in [0.1, 0.15) is 12.8 Å². The van der Waals surface area contributed by atoms with Crippen molar-refractivity contribution >= 4 is 16.0 Å². The predicted octanol–water partition coefficient (Wildman–Crippen LogP) is 0.654. The zero-order valence-electron chi connectivity index (χ0n) is 14.2. The zero-order valence-corrected chi connectivity index (χ0v) is 15.1. The molecule has 0 atom stereocenters. The van der Waals surface area contributed by atoms with E-state index in [1.807, 2.05) is 30.3 Å². The summed E-state index contributed by atoms with van der Waals surface area (Å²) in [5, 5.41) is 3.18. The molecule has 2 rings (SSSR count). The number of para-hydroxylation sites is 1. The van der Waals surface area contributed by atoms with Crippen molar-refractivity contribution in [1.29, 1.82) is 0 Å². The summed E-state index contributed by atoms with van der Waals surface area (Å²) in [5.41, 5.74) is 0. The Labute approximate surface area is 144 Å². The topological polar surface area (TPSA) is 83.0 Å². The first kappa shape index (κ1) is 18.5. The third-order valence-corrected chi connectivity index (χ3v) is 4.50. The molecule has 1 saturated heterocycles. The quantitative estimate of drug-likeness (QED) is 0.445. The van der Waals surface area contributed by atoms with Crippen molar-refractivity contribution in [2.45, 2.75) is 18.9 Å². The lowest BCUT2D eigenvalue weighted by atomic mass is 10.1. The molecular formula is C16H26N4O3S. The van der Waals surface area contributed by atoms with Crippen molar-refractivity contribution in [1.82, 2.24) is 14.9 Å². The molecule has 1 aromatic carbocycles. The Balaban J connectivity index is 1.73. The molecule has 0 amide bonds. The van der Waals surface area contributed by atoms with Crippen LogP contribution in [0, 0.1) is 0 Å². The molecule has 0 bridgehead atoms. The van der Waals surface area contributed by atoms with E-state index in [2.05, 4.69) is 19.9 Å². The first-order valence-corrected chi connectivity index (χ1v) is 9.99. The fourth-order valence-electron chi connectivity index (χ4n) is 2.62. The molecular weight excluding hydrogens is 328 g/mol. The van der Waals surface area contributed by atoms with Gasteiger partial charge in [0.15, 0.2) is 5.96 Å². The lowest BCUT2D eigenvalue weighted by Crippen LogP contribution is -2.48. The van der Waals surface area contributed by atoms with Crippen LogP contribution in [0.2, 0.25) is 0 Å². The van der Waals surface area contributed by atoms with Crippen LogP contribution in [0.15, 0.2) is 35.3 Å². The molecule has 1 fully saturated rings. The fraction of sp³-hybridized carbons (Fsp3) is 0.562. The molecule has 0 radical (unpaired) electrons. The van der Waals surface area contributed by atoms with E-state index in [1.54, 1.807) is 7.05 Å². The first-order valence-electron chi connectivity index (χ1n) is 8.10. The second-order valence-electron chi connectivity index (χ2n) is 5.76. The SMILES string of the molecule is CN=C(NCCNS(C)(=O)=O)N1CCC(Oc2ccccc2)CC1. The van der Waals surface area contributed by atoms with Gasteiger partial charge in [-0.1, -0.05) is 18.2 Å². The third kappa shape index (κ3) is 6.37. The van der Waals surface area contributed by atoms with Gasteiger partial charge in [-0.3, -0.25) is 4.99 Å². The molecule has 1 heterocycles. The van der Waals surface area contributed by atoms with Gasteiger partial charge in [-0.05, 0) is 12.1 Å². The molecule has 2 N–H and O–H groups in total. The fourth-order valence-corrected chi connectivity index (χ4v) is 3.09. The van der Waals surface area contributed by atoms with Crippen LogP contribution >= 0.6 is 0 Å². The van der Waals surface area contributed by atoms with Crippen LogP contribution in [0.3, 0.4) is 0 Å². The highest BCUT2D eigenvalue weighted by molar-refractivity contribution is 7.88. The number of rotatable bonds is 6. The minimum Gasteiger partial charge on any atom is -0.490 e. The normalized spacial score (nSPS) is 16.9. The Kier molecular flexibility index (Phi) is 6.86. The van der Waals surface area contributed by atoms with Crippen molar-refractivity contribution in [2.24, 2.45) is 4.99 Å². The van der Waals surface area contributed by atoms with Crippen molar-refractivity contribution < 1.29 is 13.2 Å². The minimum absolute atomic E-state index is 0.216. The highest BCUT2D eigenvalue weighted by Crippen LogP contribution is 2.18. The number of sulfonamides is 1. The monoisotopic (exact) mass is 354 g/mol. The van der Waals surface area contributed by atoms with E-state index in [4.69, 9.17) is 4.74 Å². The summed E-state index contributed by atoms with van der Waals surface area (Å²) >= 11 is 0. The minimum atomic E-state index is -3.15. The van der Waals surface area contributed by atoms with Gasteiger partial charge in [-0.15, -0.1) is 0 Å². The van der Waals surface area contributed by atoms with Gasteiger partial charge in [0.25, 0.3) is 0 Å². The molecule has 24 heavy (non-hydrogen) atoms. The number of hydrogen-bond acceptors (Lipinski definition) is 4. The maximum absolute atomic E-state index is 11.0. The molecule has 0 saturated carbocycles. The summed E-state index contributed by atoms with van der Waals surface area (Å²) in [6.45, 7) is 2.55. The molecule has 1 aromatic rings. The lowest BCUT2D eigenvalue weighted by molar-refractivity contribution is 0.129. The first-order chi connectivity index (χ1) is 11.5. The highest BCUT2D eigenvalue weighted by atomic mass is 32.2. The number of hydrogen-bond donors (Lipinski definition) is 2. The molecule has 0 unspecified atom stereocenters. The summed E-state index contributed by atoms with van der Waals surface area (Å²) in [5.74, 6) is 1.70. The number of ether oxygens (including phenoxy) is 1. The zero-order chi connectivity index (χ0) is 17.4. The van der Waals surface area contributed by atoms with Crippen molar-refractivity contribution in [3.63, 3.8) is 0 Å². The van der Waals surface area contributed by atoms with E-state index in [0.717, 1.165) is 43.9 Å². The summed E-state index contributed by atoms with van der Waals surface area (Å²) in [7, 11) is -1.42. The van der Waals surface area contributed by atoms with Crippen LogP contribution < -0.4 is 14.8 Å². The van der Waals surface area contributed by atoms with Gasteiger partial charge in [0.2, 0.25) is 10.0 Å². The molecule has 8 heteroatoms. The number of nitrogens with one attached hydrogen (secondary N) is 2. The van der Waals surface area contributed by atoms with E-state index >= 15 is 0 Å². The number of piperidine rings is 1. The summed E-state index contributed by atoms with van der Waals surface area (Å²) < 4.78 is 30.5. The molecule has 0 spiro atoms. The van der Waals surface area contributed by atoms with Crippen molar-refractivity contribution in [3.05, 3.63) is 30.3 Å². The average molecular weight is 354 g/mol. The molecule has 134 valence electrons. The average Bonchev–Trinajstić information content (AvgIpc) is 2.56. The summed E-state index contributed by atoms with van der Waals surface area (Å²) in [6, 6.07) is 9.87. The van der Waals surface area contributed by atoms with E-state index in [-0.39, 0.29) is 6.10 Å². The second-order valence-corrected chi connectivity index (χ2v) is 7.59. The standard InChI is InChI=1S/C16H26N4O3S/c1-17-16(18-10-11-19-24(2,21)22)20-12-8-15(9-13-20)23-14-6-4-3-5-7-14/h3-7,15,19H,8-13H2,1-2H3,(H,17,18). The van der Waals surface area contributed by atoms with Crippen LogP contribution in [0.25, 0.3) is 0 Å². The molecule has 7 nitrogen and oxygen atoms in total. The second kappa shape index (κ2) is 8.89. The van der Waals surface area contributed by atoms with Gasteiger partial charge < -0.3 is 15.0 Å². The smallest absolute Gasteiger partial charge is 0.208 e. The maximum atomic E-state index is 11.0. The van der Waals surface area contributed by atoms with Gasteiger partial charge in [0.1, 0.15) is 11.9 Å². The summed E-state index contributed by atoms with van der Waals surface area (Å²) in [6.07, 6.45) is 3.22. The van der Waals surface area contributed by atoms with Crippen molar-refractivity contribution in [2.75, 3.05) is 39.5 Å². The lowest BCUT2D eigenvalue weighted by Gasteiger charge is -2.34. The molecule has 1 aliphatic rings. The van der Waals surface area contributed by atoms with Crippen molar-refractivity contribution in [3.8, 4) is 5.75 Å². The van der Waals surface area contributed by atoms with Gasteiger partial charge >= 0.3 is 0 Å². The maximum Gasteiger partial charge on any atom is 0.208 e. The Morgan fingerprint density at radius 1 is 1.25 bits per heavy atom. The Hall–Kier alpha value is -1.80. The van der Waals surface area contributed by atoms with E-state index in [9.17, 15) is 8.42 Å². The van der Waals surface area contributed by atoms with Crippen LogP contribution in [0.4, 0.5) is 0 Å². The number of nitrogens with zero attached hydrogens (tertiary/aromatic N) is 2. The van der Waals surface area contributed by atoms with Gasteiger partial charge in [-0.25, -0.2) is 13.1 Å². The number of aliphatic imine (C=N–C) groups is 1. The molecule has 0 aromatic heterocycles.